The van der Waals surface area contributed by atoms with Gasteiger partial charge in [0.15, 0.2) is 0 Å². The van der Waals surface area contributed by atoms with Gasteiger partial charge in [-0.15, -0.1) is 9.24 Å². The highest BCUT2D eigenvalue weighted by Gasteiger charge is 2.18. The quantitative estimate of drug-likeness (QED) is 0.122. The number of nitrogens with two attached hydrogens (primary N) is 1. The summed E-state index contributed by atoms with van der Waals surface area (Å²) >= 11 is 0. The second-order valence-corrected chi connectivity index (χ2v) is 9.88. The highest BCUT2D eigenvalue weighted by atomic mass is 32.2. The molecule has 13 heteroatoms. The molecule has 1 amide bonds. The molecule has 2 aromatic rings. The van der Waals surface area contributed by atoms with Gasteiger partial charge in [-0.1, -0.05) is 6.07 Å². The fraction of sp³-hybridized carbons (Fsp3) is 0.333. The first kappa shape index (κ1) is 27.1. The molecule has 1 aromatic heterocycles. The Bertz CT molecular complexity index is 1230. The van der Waals surface area contributed by atoms with Crippen LogP contribution in [0.4, 0.5) is 10.1 Å². The van der Waals surface area contributed by atoms with E-state index in [0.29, 0.717) is 42.4 Å². The molecule has 0 radical (unpaired) electrons. The normalized spacial score (nSPS) is 12.7. The Morgan fingerprint density at radius 1 is 1.35 bits per heavy atom. The van der Waals surface area contributed by atoms with Crippen molar-refractivity contribution in [3.8, 4) is 0 Å². The number of amides is 1. The van der Waals surface area contributed by atoms with E-state index < -0.39 is 45.6 Å². The molecule has 0 aliphatic carbocycles. The van der Waals surface area contributed by atoms with E-state index in [0.717, 1.165) is 10.6 Å². The van der Waals surface area contributed by atoms with Gasteiger partial charge >= 0.3 is 0 Å². The number of hydrogen-bond acceptors (Lipinski definition) is 6. The first-order valence-electron chi connectivity index (χ1n) is 10.3. The monoisotopic (exact) mass is 511 g/mol. The molecule has 4 N–H and O–H groups in total. The van der Waals surface area contributed by atoms with Crippen molar-refractivity contribution in [2.75, 3.05) is 11.3 Å². The van der Waals surface area contributed by atoms with E-state index in [9.17, 15) is 27.2 Å². The smallest absolute Gasteiger partial charge is 0.275 e. The van der Waals surface area contributed by atoms with Gasteiger partial charge < -0.3 is 20.4 Å². The number of aldehydes is 1. The van der Waals surface area contributed by atoms with Crippen LogP contribution in [0.5, 0.6) is 0 Å². The molecule has 184 valence electrons. The molecule has 1 aromatic carbocycles. The molecule has 34 heavy (non-hydrogen) atoms. The maximum absolute atomic E-state index is 13.3. The second kappa shape index (κ2) is 12.4. The topological polar surface area (TPSA) is 153 Å². The number of rotatable bonds is 12. The third kappa shape index (κ3) is 8.68. The Morgan fingerprint density at radius 3 is 2.74 bits per heavy atom. The van der Waals surface area contributed by atoms with Gasteiger partial charge in [0.1, 0.15) is 24.3 Å². The number of amidine groups is 1. The Labute approximate surface area is 199 Å². The molecule has 0 fully saturated rings. The summed E-state index contributed by atoms with van der Waals surface area (Å²) in [6.07, 6.45) is 2.80. The summed E-state index contributed by atoms with van der Waals surface area (Å²) in [7, 11) is -1.74. The lowest BCUT2D eigenvalue weighted by atomic mass is 10.2. The lowest BCUT2D eigenvalue weighted by Crippen LogP contribution is -2.40. The Balaban J connectivity index is 2.04. The largest absolute Gasteiger partial charge is 0.388 e. The zero-order valence-electron chi connectivity index (χ0n) is 18.5. The highest BCUT2D eigenvalue weighted by Crippen LogP contribution is 2.11. The van der Waals surface area contributed by atoms with E-state index in [1.807, 2.05) is 0 Å². The number of halogens is 1. The minimum absolute atomic E-state index is 0.246. The van der Waals surface area contributed by atoms with Crippen molar-refractivity contribution in [2.24, 2.45) is 10.7 Å². The number of carbonyl (C=O) groups excluding carboxylic acids is 2. The average molecular weight is 512 g/mol. The van der Waals surface area contributed by atoms with Crippen LogP contribution in [0.2, 0.25) is 0 Å². The molecule has 0 aliphatic heterocycles. The van der Waals surface area contributed by atoms with Crippen molar-refractivity contribution in [1.82, 2.24) is 9.88 Å². The molecule has 1 heterocycles. The van der Waals surface area contributed by atoms with Crippen molar-refractivity contribution >= 4 is 48.3 Å². The number of aromatic nitrogens is 1. The molecule has 0 spiro atoms. The van der Waals surface area contributed by atoms with Gasteiger partial charge in [0.25, 0.3) is 5.56 Å². The summed E-state index contributed by atoms with van der Waals surface area (Å²) < 4.78 is 41.6. The van der Waals surface area contributed by atoms with Crippen molar-refractivity contribution < 1.29 is 22.4 Å². The van der Waals surface area contributed by atoms with Crippen LogP contribution in [0.3, 0.4) is 0 Å². The zero-order chi connectivity index (χ0) is 25.3. The number of hydrogen-bond donors (Lipinski definition) is 3. The number of benzene rings is 1. The Kier molecular flexibility index (Phi) is 9.88. The number of pyridine rings is 1. The van der Waals surface area contributed by atoms with E-state index in [1.165, 1.54) is 30.5 Å². The lowest BCUT2D eigenvalue weighted by molar-refractivity contribution is -0.124. The van der Waals surface area contributed by atoms with Crippen molar-refractivity contribution in [2.45, 2.75) is 38.1 Å². The average Bonchev–Trinajstić information content (AvgIpc) is 2.75. The molecular formula is C21H27FN5O5PS. The van der Waals surface area contributed by atoms with E-state index >= 15 is 0 Å². The van der Waals surface area contributed by atoms with Crippen molar-refractivity contribution in [1.29, 1.82) is 0 Å². The predicted octanol–water partition coefficient (Wildman–Crippen LogP) is 0.271. The SMILES string of the molecule is CC(N)=NCCC[C@@H](C=O)NC(=O)Cn1cccc(NS(=O)(=O)Cc2ccc(F)cc2P)c1=O. The van der Waals surface area contributed by atoms with E-state index in [4.69, 9.17) is 5.73 Å². The summed E-state index contributed by atoms with van der Waals surface area (Å²) in [6.45, 7) is 1.65. The third-order valence-corrected chi connectivity index (χ3v) is 6.36. The standard InChI is InChI=1S/C21H27FN5O5PS/c1-14(23)24-8-2-4-17(12-28)25-20(29)11-27-9-3-5-18(21(27)30)26-34(31,32)13-15-6-7-16(22)10-19(15)33/h3,5-7,9-10,12,17,26H,2,4,8,11,13,33H2,1H3,(H2,23,24)(H,25,29)/t17-/m0/s1. The molecule has 2 atom stereocenters. The van der Waals surface area contributed by atoms with Crippen molar-refractivity contribution in [3.05, 3.63) is 58.3 Å². The van der Waals surface area contributed by atoms with Crippen LogP contribution in [-0.4, -0.2) is 43.6 Å². The van der Waals surface area contributed by atoms with Crippen LogP contribution in [0.25, 0.3) is 0 Å². The lowest BCUT2D eigenvalue weighted by Gasteiger charge is -2.14. The van der Waals surface area contributed by atoms with Gasteiger partial charge in [-0.05, 0) is 54.9 Å². The molecule has 0 aliphatic rings. The Hall–Kier alpha value is -3.11. The Morgan fingerprint density at radius 2 is 2.09 bits per heavy atom. The molecule has 0 saturated heterocycles. The third-order valence-electron chi connectivity index (χ3n) is 4.60. The molecule has 0 saturated carbocycles. The van der Waals surface area contributed by atoms with Crippen molar-refractivity contribution in [3.63, 3.8) is 0 Å². The number of nitrogens with one attached hydrogen (secondary N) is 2. The summed E-state index contributed by atoms with van der Waals surface area (Å²) in [4.78, 5) is 40.3. The summed E-state index contributed by atoms with van der Waals surface area (Å²) in [5.74, 6) is -1.14. The molecule has 1 unspecified atom stereocenters. The fourth-order valence-electron chi connectivity index (χ4n) is 2.99. The maximum Gasteiger partial charge on any atom is 0.275 e. The van der Waals surface area contributed by atoms with E-state index in [1.54, 1.807) is 6.92 Å². The van der Waals surface area contributed by atoms with Gasteiger partial charge in [-0.3, -0.25) is 19.3 Å². The summed E-state index contributed by atoms with van der Waals surface area (Å²) in [6, 6.07) is 5.60. The van der Waals surface area contributed by atoms with Gasteiger partial charge in [0.2, 0.25) is 15.9 Å². The number of anilines is 1. The van der Waals surface area contributed by atoms with Crippen LogP contribution < -0.4 is 26.6 Å². The number of nitrogens with zero attached hydrogens (tertiary/aromatic N) is 2. The van der Waals surface area contributed by atoms with Crippen LogP contribution in [0.1, 0.15) is 25.3 Å². The van der Waals surface area contributed by atoms with Gasteiger partial charge in [-0.2, -0.15) is 0 Å². The van der Waals surface area contributed by atoms with Crippen LogP contribution in [0.15, 0.2) is 46.3 Å². The first-order chi connectivity index (χ1) is 16.0. The first-order valence-corrected chi connectivity index (χ1v) is 12.5. The summed E-state index contributed by atoms with van der Waals surface area (Å²) in [5, 5.41) is 2.90. The molecule has 0 bridgehead atoms. The molecular weight excluding hydrogens is 484 g/mol. The highest BCUT2D eigenvalue weighted by molar-refractivity contribution is 7.91. The predicted molar refractivity (Wildman–Crippen MR) is 132 cm³/mol. The molecule has 10 nitrogen and oxygen atoms in total. The van der Waals surface area contributed by atoms with Gasteiger partial charge in [0.05, 0.1) is 17.6 Å². The minimum atomic E-state index is -4.00. The number of aliphatic imine (C=N–C) groups is 1. The summed E-state index contributed by atoms with van der Waals surface area (Å²) in [5.41, 5.74) is 4.81. The second-order valence-electron chi connectivity index (χ2n) is 7.53. The fourth-order valence-corrected chi connectivity index (χ4v) is 4.73. The van der Waals surface area contributed by atoms with Crippen LogP contribution in [-0.2, 0) is 31.9 Å². The maximum atomic E-state index is 13.3. The van der Waals surface area contributed by atoms with Gasteiger partial charge in [0, 0.05) is 12.7 Å². The van der Waals surface area contributed by atoms with Crippen LogP contribution >= 0.6 is 9.24 Å². The zero-order valence-corrected chi connectivity index (χ0v) is 20.5. The van der Waals surface area contributed by atoms with E-state index in [2.05, 4.69) is 24.3 Å². The van der Waals surface area contributed by atoms with E-state index in [-0.39, 0.29) is 5.69 Å². The number of sulfonamides is 1. The number of carbonyl (C=O) groups is 2. The minimum Gasteiger partial charge on any atom is -0.388 e. The van der Waals surface area contributed by atoms with Crippen LogP contribution in [0, 0.1) is 5.82 Å². The van der Waals surface area contributed by atoms with Gasteiger partial charge in [-0.25, -0.2) is 12.8 Å². The molecule has 2 rings (SSSR count).